The van der Waals surface area contributed by atoms with Crippen molar-refractivity contribution in [3.63, 3.8) is 0 Å². The molecule has 3 amide bonds. The molecule has 0 radical (unpaired) electrons. The van der Waals surface area contributed by atoms with Gasteiger partial charge in [0.05, 0.1) is 11.3 Å². The lowest BCUT2D eigenvalue weighted by Crippen LogP contribution is -2.44. The molecule has 38 heavy (non-hydrogen) atoms. The van der Waals surface area contributed by atoms with Crippen LogP contribution in [0.4, 0.5) is 5.69 Å². The number of azo groups is 1. The number of amides is 3. The molecular weight excluding hydrogens is 478 g/mol. The molecule has 0 saturated heterocycles. The second-order valence-corrected chi connectivity index (χ2v) is 10.2. The summed E-state index contributed by atoms with van der Waals surface area (Å²) in [6.45, 7) is 11.7. The van der Waals surface area contributed by atoms with Crippen molar-refractivity contribution in [2.75, 3.05) is 13.1 Å². The number of rotatable bonds is 15. The molecule has 1 aliphatic rings. The van der Waals surface area contributed by atoms with Crippen LogP contribution in [0.25, 0.3) is 0 Å². The average molecular weight is 522 g/mol. The van der Waals surface area contributed by atoms with Crippen LogP contribution in [0.5, 0.6) is 0 Å². The molecule has 0 spiro atoms. The maximum Gasteiger partial charge on any atom is 0.268 e. The lowest BCUT2D eigenvalue weighted by atomic mass is 9.95. The summed E-state index contributed by atoms with van der Waals surface area (Å²) in [6, 6.07) is 7.75. The third-order valence-corrected chi connectivity index (χ3v) is 7.37. The topological polar surface area (TPSA) is 115 Å². The summed E-state index contributed by atoms with van der Waals surface area (Å²) < 4.78 is 0. The Balaban J connectivity index is 2.39. The lowest BCUT2D eigenvalue weighted by Gasteiger charge is -2.31. The Morgan fingerprint density at radius 2 is 1.61 bits per heavy atom. The molecule has 206 valence electrons. The molecule has 1 aromatic carbocycles. The van der Waals surface area contributed by atoms with Crippen LogP contribution in [0.2, 0.25) is 0 Å². The normalized spacial score (nSPS) is 17.3. The molecule has 8 nitrogen and oxygen atoms in total. The van der Waals surface area contributed by atoms with Gasteiger partial charge in [-0.25, -0.2) is 0 Å². The Kier molecular flexibility index (Phi) is 12.8. The van der Waals surface area contributed by atoms with Gasteiger partial charge in [-0.15, -0.1) is 0 Å². The number of carbonyl (C=O) groups excluding carboxylic acids is 3. The van der Waals surface area contributed by atoms with Crippen molar-refractivity contribution in [1.82, 2.24) is 10.2 Å². The minimum Gasteiger partial charge on any atom is -0.338 e. The van der Waals surface area contributed by atoms with Gasteiger partial charge in [0.15, 0.2) is 6.04 Å². The zero-order valence-corrected chi connectivity index (χ0v) is 23.6. The molecule has 1 heterocycles. The number of nitriles is 1. The summed E-state index contributed by atoms with van der Waals surface area (Å²) in [5, 5.41) is 19.9. The number of nitrogens with one attached hydrogen (secondary N) is 1. The van der Waals surface area contributed by atoms with E-state index in [1.807, 2.05) is 11.0 Å². The molecule has 0 aliphatic carbocycles. The number of hydrogen-bond acceptors (Lipinski definition) is 6. The Morgan fingerprint density at radius 3 is 2.13 bits per heavy atom. The van der Waals surface area contributed by atoms with Gasteiger partial charge < -0.3 is 4.90 Å². The SMILES string of the molecule is CCCCC(CC)CN(CC(CC)CCCC)C(=O)c1ccccc1N=NC1C(=O)NC(=O)C(C#N)=C1C. The van der Waals surface area contributed by atoms with E-state index in [4.69, 9.17) is 0 Å². The molecule has 3 unspecified atom stereocenters. The maximum atomic E-state index is 14.0. The van der Waals surface area contributed by atoms with E-state index < -0.39 is 17.9 Å². The van der Waals surface area contributed by atoms with Crippen molar-refractivity contribution in [2.45, 2.75) is 92.0 Å². The highest BCUT2D eigenvalue weighted by molar-refractivity contribution is 6.12. The second-order valence-electron chi connectivity index (χ2n) is 10.2. The molecule has 3 atom stereocenters. The van der Waals surface area contributed by atoms with Crippen LogP contribution in [0.3, 0.4) is 0 Å². The largest absolute Gasteiger partial charge is 0.338 e. The highest BCUT2D eigenvalue weighted by Crippen LogP contribution is 2.26. The predicted molar refractivity (Wildman–Crippen MR) is 149 cm³/mol. The first-order chi connectivity index (χ1) is 18.3. The minimum atomic E-state index is -1.10. The van der Waals surface area contributed by atoms with Crippen molar-refractivity contribution in [2.24, 2.45) is 22.1 Å². The number of hydrogen-bond donors (Lipinski definition) is 1. The first kappa shape index (κ1) is 30.9. The molecular formula is C30H43N5O3. The summed E-state index contributed by atoms with van der Waals surface area (Å²) in [7, 11) is 0. The highest BCUT2D eigenvalue weighted by atomic mass is 16.2. The van der Waals surface area contributed by atoms with Crippen molar-refractivity contribution in [3.8, 4) is 6.07 Å². The van der Waals surface area contributed by atoms with Gasteiger partial charge in [0.25, 0.3) is 17.7 Å². The van der Waals surface area contributed by atoms with Crippen LogP contribution in [-0.4, -0.2) is 41.8 Å². The predicted octanol–water partition coefficient (Wildman–Crippen LogP) is 6.51. The molecule has 1 N–H and O–H groups in total. The van der Waals surface area contributed by atoms with Gasteiger partial charge in [-0.2, -0.15) is 15.5 Å². The van der Waals surface area contributed by atoms with Gasteiger partial charge >= 0.3 is 0 Å². The fourth-order valence-electron chi connectivity index (χ4n) is 4.76. The Morgan fingerprint density at radius 1 is 1.03 bits per heavy atom. The molecule has 2 rings (SSSR count). The average Bonchev–Trinajstić information content (AvgIpc) is 2.92. The van der Waals surface area contributed by atoms with Crippen LogP contribution in [0.15, 0.2) is 45.6 Å². The molecule has 0 bridgehead atoms. The van der Waals surface area contributed by atoms with E-state index in [1.165, 1.54) is 6.92 Å². The monoisotopic (exact) mass is 521 g/mol. The van der Waals surface area contributed by atoms with Crippen molar-refractivity contribution in [3.05, 3.63) is 41.0 Å². The van der Waals surface area contributed by atoms with Crippen LogP contribution in [0.1, 0.15) is 96.3 Å². The van der Waals surface area contributed by atoms with Crippen LogP contribution in [0, 0.1) is 23.2 Å². The molecule has 1 aliphatic heterocycles. The molecule has 0 saturated carbocycles. The smallest absolute Gasteiger partial charge is 0.268 e. The molecule has 0 aromatic heterocycles. The van der Waals surface area contributed by atoms with E-state index in [1.54, 1.807) is 24.3 Å². The van der Waals surface area contributed by atoms with E-state index in [9.17, 15) is 19.6 Å². The maximum absolute atomic E-state index is 14.0. The zero-order valence-electron chi connectivity index (χ0n) is 23.6. The third-order valence-electron chi connectivity index (χ3n) is 7.37. The fourth-order valence-corrected chi connectivity index (χ4v) is 4.76. The number of benzene rings is 1. The number of unbranched alkanes of at least 4 members (excludes halogenated alkanes) is 2. The summed E-state index contributed by atoms with van der Waals surface area (Å²) >= 11 is 0. The number of nitrogens with zero attached hydrogens (tertiary/aromatic N) is 4. The molecule has 1 aromatic rings. The zero-order chi connectivity index (χ0) is 28.1. The van der Waals surface area contributed by atoms with Gasteiger partial charge in [0, 0.05) is 13.1 Å². The van der Waals surface area contributed by atoms with Crippen LogP contribution < -0.4 is 5.32 Å². The van der Waals surface area contributed by atoms with E-state index >= 15 is 0 Å². The van der Waals surface area contributed by atoms with Gasteiger partial charge in [-0.3, -0.25) is 19.7 Å². The summed E-state index contributed by atoms with van der Waals surface area (Å²) in [4.78, 5) is 40.3. The van der Waals surface area contributed by atoms with Gasteiger partial charge in [0.2, 0.25) is 0 Å². The van der Waals surface area contributed by atoms with Gasteiger partial charge in [-0.05, 0) is 49.3 Å². The minimum absolute atomic E-state index is 0.0855. The van der Waals surface area contributed by atoms with Crippen LogP contribution in [-0.2, 0) is 9.59 Å². The fraction of sp³-hybridized carbons (Fsp3) is 0.600. The standard InChI is InChI=1S/C30H43N5O3/c1-6-10-14-22(8-3)19-35(20-23(9-4)15-11-7-2)30(38)24-16-12-13-17-26(24)33-34-27-21(5)25(18-31)28(36)32-29(27)37/h12-13,16-17,22-23,27H,6-11,14-15,19-20H2,1-5H3,(H,32,36,37). The number of carbonyl (C=O) groups is 3. The van der Waals surface area contributed by atoms with E-state index in [2.05, 4.69) is 43.2 Å². The molecule has 0 fully saturated rings. The summed E-state index contributed by atoms with van der Waals surface area (Å²) in [5.41, 5.74) is 0.904. The van der Waals surface area contributed by atoms with E-state index in [-0.39, 0.29) is 17.1 Å². The van der Waals surface area contributed by atoms with Crippen molar-refractivity contribution < 1.29 is 14.4 Å². The highest BCUT2D eigenvalue weighted by Gasteiger charge is 2.33. The van der Waals surface area contributed by atoms with E-state index in [0.29, 0.717) is 36.2 Å². The number of imide groups is 1. The Hall–Kier alpha value is -3.34. The van der Waals surface area contributed by atoms with Crippen molar-refractivity contribution in [1.29, 1.82) is 5.26 Å². The Bertz CT molecular complexity index is 1050. The van der Waals surface area contributed by atoms with Gasteiger partial charge in [0.1, 0.15) is 11.6 Å². The molecule has 8 heteroatoms. The quantitative estimate of drug-likeness (QED) is 0.209. The lowest BCUT2D eigenvalue weighted by molar-refractivity contribution is -0.129. The third kappa shape index (κ3) is 8.34. The summed E-state index contributed by atoms with van der Waals surface area (Å²) in [5.74, 6) is -0.592. The van der Waals surface area contributed by atoms with Crippen LogP contribution >= 0.6 is 0 Å². The first-order valence-corrected chi connectivity index (χ1v) is 14.1. The van der Waals surface area contributed by atoms with Gasteiger partial charge in [-0.1, -0.05) is 78.4 Å². The second kappa shape index (κ2) is 15.8. The van der Waals surface area contributed by atoms with E-state index in [0.717, 1.165) is 51.4 Å². The Labute approximate surface area is 227 Å². The first-order valence-electron chi connectivity index (χ1n) is 14.1. The van der Waals surface area contributed by atoms with Crippen molar-refractivity contribution >= 4 is 23.4 Å². The summed E-state index contributed by atoms with van der Waals surface area (Å²) in [6.07, 6.45) is 8.74.